The van der Waals surface area contributed by atoms with Gasteiger partial charge in [0.2, 0.25) is 0 Å². The smallest absolute Gasteiger partial charge is 0.376 e. The molecule has 0 radical (unpaired) electrons. The first-order valence-corrected chi connectivity index (χ1v) is 3.08. The van der Waals surface area contributed by atoms with E-state index in [1.54, 1.807) is 0 Å². The van der Waals surface area contributed by atoms with Gasteiger partial charge in [-0.15, -0.1) is 0 Å². The summed E-state index contributed by atoms with van der Waals surface area (Å²) in [5.74, 6) is 0. The SMILES string of the molecule is OOCC(O)COCC(O)(F)F. The van der Waals surface area contributed by atoms with Gasteiger partial charge in [-0.2, -0.15) is 8.78 Å². The van der Waals surface area contributed by atoms with Gasteiger partial charge >= 0.3 is 6.11 Å². The van der Waals surface area contributed by atoms with Gasteiger partial charge < -0.3 is 14.9 Å². The first-order valence-electron chi connectivity index (χ1n) is 3.08. The number of alkyl halides is 2. The Morgan fingerprint density at radius 1 is 1.33 bits per heavy atom. The van der Waals surface area contributed by atoms with E-state index >= 15 is 0 Å². The van der Waals surface area contributed by atoms with E-state index in [-0.39, 0.29) is 0 Å². The monoisotopic (exact) mass is 188 g/mol. The topological polar surface area (TPSA) is 79.2 Å². The van der Waals surface area contributed by atoms with Gasteiger partial charge in [0.25, 0.3) is 0 Å². The molecule has 0 aromatic rings. The molecular weight excluding hydrogens is 178 g/mol. The lowest BCUT2D eigenvalue weighted by molar-refractivity contribution is -0.265. The highest BCUT2D eigenvalue weighted by Crippen LogP contribution is 2.07. The molecule has 0 aromatic heterocycles. The van der Waals surface area contributed by atoms with E-state index in [0.717, 1.165) is 0 Å². The predicted molar refractivity (Wildman–Crippen MR) is 32.6 cm³/mol. The molecule has 0 saturated heterocycles. The van der Waals surface area contributed by atoms with Crippen LogP contribution < -0.4 is 0 Å². The van der Waals surface area contributed by atoms with Gasteiger partial charge in [-0.05, 0) is 0 Å². The van der Waals surface area contributed by atoms with E-state index in [2.05, 4.69) is 9.62 Å². The lowest BCUT2D eigenvalue weighted by atomic mass is 10.4. The zero-order chi connectivity index (χ0) is 9.61. The van der Waals surface area contributed by atoms with Crippen LogP contribution in [0.2, 0.25) is 0 Å². The predicted octanol–water partition coefficient (Wildman–Crippen LogP) is -0.561. The lowest BCUT2D eigenvalue weighted by Gasteiger charge is -2.11. The minimum atomic E-state index is -3.90. The molecular formula is C5H10F2O5. The molecule has 0 fully saturated rings. The summed E-state index contributed by atoms with van der Waals surface area (Å²) in [5, 5.41) is 24.3. The van der Waals surface area contributed by atoms with Crippen molar-refractivity contribution in [2.24, 2.45) is 0 Å². The zero-order valence-electron chi connectivity index (χ0n) is 6.11. The summed E-state index contributed by atoms with van der Waals surface area (Å²) in [6, 6.07) is 0. The number of ether oxygens (including phenoxy) is 1. The Kier molecular flexibility index (Phi) is 5.18. The van der Waals surface area contributed by atoms with Crippen LogP contribution in [0, 0.1) is 0 Å². The second-order valence-electron chi connectivity index (χ2n) is 2.13. The molecule has 0 aromatic carbocycles. The minimum Gasteiger partial charge on any atom is -0.388 e. The Hall–Kier alpha value is -0.340. The van der Waals surface area contributed by atoms with Gasteiger partial charge in [0.05, 0.1) is 6.61 Å². The normalized spacial score (nSPS) is 14.8. The van der Waals surface area contributed by atoms with Crippen molar-refractivity contribution in [2.75, 3.05) is 19.8 Å². The summed E-state index contributed by atoms with van der Waals surface area (Å²) in [6.07, 6.45) is -5.10. The molecule has 5 nitrogen and oxygen atoms in total. The van der Waals surface area contributed by atoms with Crippen LogP contribution in [-0.2, 0) is 9.62 Å². The number of hydrogen-bond acceptors (Lipinski definition) is 5. The van der Waals surface area contributed by atoms with E-state index in [1.165, 1.54) is 0 Å². The van der Waals surface area contributed by atoms with Crippen molar-refractivity contribution in [1.82, 2.24) is 0 Å². The molecule has 74 valence electrons. The van der Waals surface area contributed by atoms with Gasteiger partial charge in [-0.1, -0.05) is 0 Å². The minimum absolute atomic E-state index is 0.434. The third kappa shape index (κ3) is 7.76. The van der Waals surface area contributed by atoms with Crippen molar-refractivity contribution in [1.29, 1.82) is 0 Å². The van der Waals surface area contributed by atoms with Crippen molar-refractivity contribution in [3.05, 3.63) is 0 Å². The Morgan fingerprint density at radius 2 is 1.92 bits per heavy atom. The molecule has 0 saturated carbocycles. The van der Waals surface area contributed by atoms with Crippen molar-refractivity contribution >= 4 is 0 Å². The molecule has 0 amide bonds. The van der Waals surface area contributed by atoms with Crippen LogP contribution in [0.15, 0.2) is 0 Å². The molecule has 0 spiro atoms. The second-order valence-corrected chi connectivity index (χ2v) is 2.13. The van der Waals surface area contributed by atoms with Crippen LogP contribution >= 0.6 is 0 Å². The molecule has 1 unspecified atom stereocenters. The molecule has 0 aliphatic rings. The summed E-state index contributed by atoms with van der Waals surface area (Å²) in [4.78, 5) is 3.51. The lowest BCUT2D eigenvalue weighted by Crippen LogP contribution is -2.27. The van der Waals surface area contributed by atoms with Gasteiger partial charge in [-0.25, -0.2) is 4.89 Å². The van der Waals surface area contributed by atoms with E-state index in [1.807, 2.05) is 0 Å². The molecule has 0 heterocycles. The fraction of sp³-hybridized carbons (Fsp3) is 1.00. The molecule has 0 bridgehead atoms. The van der Waals surface area contributed by atoms with Crippen molar-refractivity contribution in [2.45, 2.75) is 12.2 Å². The first-order chi connectivity index (χ1) is 5.45. The molecule has 7 heteroatoms. The maximum absolute atomic E-state index is 11.6. The van der Waals surface area contributed by atoms with Gasteiger partial charge in [-0.3, -0.25) is 5.26 Å². The molecule has 0 aliphatic heterocycles. The molecule has 0 aliphatic carbocycles. The van der Waals surface area contributed by atoms with E-state index < -0.39 is 32.0 Å². The third-order valence-electron chi connectivity index (χ3n) is 0.853. The molecule has 3 N–H and O–H groups in total. The highest BCUT2D eigenvalue weighted by atomic mass is 19.3. The summed E-state index contributed by atoms with van der Waals surface area (Å²) >= 11 is 0. The molecule has 0 rings (SSSR count). The van der Waals surface area contributed by atoms with Crippen LogP contribution in [0.1, 0.15) is 0 Å². The summed E-state index contributed by atoms with van der Waals surface area (Å²) in [6.45, 7) is -2.08. The van der Waals surface area contributed by atoms with E-state index in [9.17, 15) is 8.78 Å². The average molecular weight is 188 g/mol. The zero-order valence-corrected chi connectivity index (χ0v) is 6.11. The molecule has 1 atom stereocenters. The van der Waals surface area contributed by atoms with Crippen LogP contribution in [0.4, 0.5) is 8.78 Å². The highest BCUT2D eigenvalue weighted by molar-refractivity contribution is 4.51. The Bertz CT molecular complexity index is 115. The van der Waals surface area contributed by atoms with Crippen molar-refractivity contribution < 1.29 is 33.9 Å². The number of rotatable bonds is 6. The van der Waals surface area contributed by atoms with E-state index in [4.69, 9.17) is 15.5 Å². The van der Waals surface area contributed by atoms with Gasteiger partial charge in [0, 0.05) is 0 Å². The van der Waals surface area contributed by atoms with Gasteiger partial charge in [0.1, 0.15) is 19.3 Å². The van der Waals surface area contributed by atoms with Crippen molar-refractivity contribution in [3.63, 3.8) is 0 Å². The summed E-state index contributed by atoms with van der Waals surface area (Å²) in [7, 11) is 0. The van der Waals surface area contributed by atoms with Crippen LogP contribution in [-0.4, -0.2) is 47.5 Å². The number of hydrogen-bond donors (Lipinski definition) is 3. The standard InChI is InChI=1S/C5H10F2O5/c6-5(7,9)3-11-1-4(8)2-12-10/h4,8-10H,1-3H2. The Labute approximate surface area is 67.1 Å². The molecule has 12 heavy (non-hydrogen) atoms. The van der Waals surface area contributed by atoms with Crippen LogP contribution in [0.5, 0.6) is 0 Å². The van der Waals surface area contributed by atoms with E-state index in [0.29, 0.717) is 0 Å². The van der Waals surface area contributed by atoms with Crippen LogP contribution in [0.3, 0.4) is 0 Å². The number of halogens is 2. The Balaban J connectivity index is 3.31. The average Bonchev–Trinajstić information content (AvgIpc) is 1.84. The van der Waals surface area contributed by atoms with Gasteiger partial charge in [0.15, 0.2) is 0 Å². The number of aliphatic hydroxyl groups is 2. The van der Waals surface area contributed by atoms with Crippen LogP contribution in [0.25, 0.3) is 0 Å². The fourth-order valence-corrected chi connectivity index (χ4v) is 0.452. The first kappa shape index (κ1) is 11.7. The Morgan fingerprint density at radius 3 is 2.33 bits per heavy atom. The maximum atomic E-state index is 11.6. The highest BCUT2D eigenvalue weighted by Gasteiger charge is 2.24. The maximum Gasteiger partial charge on any atom is 0.376 e. The quantitative estimate of drug-likeness (QED) is 0.384. The fourth-order valence-electron chi connectivity index (χ4n) is 0.452. The largest absolute Gasteiger partial charge is 0.388 e. The second kappa shape index (κ2) is 5.33. The summed E-state index contributed by atoms with van der Waals surface area (Å²) < 4.78 is 27.4. The van der Waals surface area contributed by atoms with Crippen molar-refractivity contribution in [3.8, 4) is 0 Å². The third-order valence-corrected chi connectivity index (χ3v) is 0.853. The summed E-state index contributed by atoms with van der Waals surface area (Å²) in [5.41, 5.74) is 0. The number of aliphatic hydroxyl groups excluding tert-OH is 1.